The minimum atomic E-state index is 0.701. The number of imidazole rings is 1. The Labute approximate surface area is 107 Å². The summed E-state index contributed by atoms with van der Waals surface area (Å²) < 4.78 is 2.36. The number of nitrogens with one attached hydrogen (secondary N) is 1. The molecule has 1 aromatic heterocycles. The lowest BCUT2D eigenvalue weighted by molar-refractivity contribution is 0.514. The van der Waals surface area contributed by atoms with Crippen molar-refractivity contribution in [2.75, 3.05) is 6.26 Å². The molecule has 94 valence electrons. The molecule has 4 heteroatoms. The van der Waals surface area contributed by atoms with E-state index >= 15 is 0 Å². The molecule has 0 spiro atoms. The van der Waals surface area contributed by atoms with Crippen LogP contribution in [-0.4, -0.2) is 27.1 Å². The zero-order valence-electron chi connectivity index (χ0n) is 10.4. The van der Waals surface area contributed by atoms with Gasteiger partial charge in [-0.15, -0.1) is 0 Å². The first kappa shape index (κ1) is 11.6. The fourth-order valence-electron chi connectivity index (χ4n) is 2.83. The third-order valence-electron chi connectivity index (χ3n) is 3.99. The van der Waals surface area contributed by atoms with Crippen LogP contribution < -0.4 is 5.32 Å². The summed E-state index contributed by atoms with van der Waals surface area (Å²) in [5.74, 6) is 0. The second kappa shape index (κ2) is 5.02. The summed E-state index contributed by atoms with van der Waals surface area (Å²) >= 11 is 2.02. The van der Waals surface area contributed by atoms with E-state index in [4.69, 9.17) is 0 Å². The molecule has 2 fully saturated rings. The quantitative estimate of drug-likeness (QED) is 0.872. The molecule has 2 aliphatic carbocycles. The summed E-state index contributed by atoms with van der Waals surface area (Å²) in [6.45, 7) is 0.984. The van der Waals surface area contributed by atoms with Crippen molar-refractivity contribution in [2.24, 2.45) is 0 Å². The molecule has 2 unspecified atom stereocenters. The topological polar surface area (TPSA) is 29.9 Å². The van der Waals surface area contributed by atoms with Crippen molar-refractivity contribution >= 4 is 11.8 Å². The molecule has 1 heterocycles. The molecule has 0 aromatic carbocycles. The summed E-state index contributed by atoms with van der Waals surface area (Å²) in [5.41, 5.74) is 1.36. The van der Waals surface area contributed by atoms with E-state index in [0.29, 0.717) is 6.04 Å². The Kier molecular flexibility index (Phi) is 3.43. The van der Waals surface area contributed by atoms with Crippen LogP contribution in [0, 0.1) is 0 Å². The van der Waals surface area contributed by atoms with Crippen molar-refractivity contribution in [1.29, 1.82) is 0 Å². The van der Waals surface area contributed by atoms with Crippen LogP contribution >= 0.6 is 11.8 Å². The van der Waals surface area contributed by atoms with E-state index in [1.165, 1.54) is 37.8 Å². The highest BCUT2D eigenvalue weighted by Crippen LogP contribution is 2.35. The Balaban J connectivity index is 1.57. The first-order valence-corrected chi connectivity index (χ1v) is 7.94. The second-order valence-corrected chi connectivity index (χ2v) is 6.29. The molecule has 2 atom stereocenters. The number of thioether (sulfide) groups is 1. The summed E-state index contributed by atoms with van der Waals surface area (Å²) in [7, 11) is 0. The molecular weight excluding hydrogens is 230 g/mol. The van der Waals surface area contributed by atoms with Gasteiger partial charge in [0.25, 0.3) is 0 Å². The third kappa shape index (κ3) is 2.52. The fraction of sp³-hybridized carbons (Fsp3) is 0.769. The molecule has 0 saturated heterocycles. The molecule has 1 N–H and O–H groups in total. The highest BCUT2D eigenvalue weighted by Gasteiger charge is 2.28. The van der Waals surface area contributed by atoms with Gasteiger partial charge in [0.05, 0.1) is 12.0 Å². The maximum Gasteiger partial charge on any atom is 0.0951 e. The Morgan fingerprint density at radius 2 is 2.29 bits per heavy atom. The zero-order valence-corrected chi connectivity index (χ0v) is 11.2. The van der Waals surface area contributed by atoms with Gasteiger partial charge in [0.2, 0.25) is 0 Å². The first-order valence-electron chi connectivity index (χ1n) is 6.65. The molecule has 0 radical (unpaired) electrons. The number of nitrogens with zero attached hydrogens (tertiary/aromatic N) is 2. The maximum atomic E-state index is 4.29. The van der Waals surface area contributed by atoms with Crippen LogP contribution in [0.3, 0.4) is 0 Å². The SMILES string of the molecule is CSC1CCCC1NCc1cncn1C1CC1. The van der Waals surface area contributed by atoms with Crippen LogP contribution in [0.5, 0.6) is 0 Å². The minimum absolute atomic E-state index is 0.701. The highest BCUT2D eigenvalue weighted by molar-refractivity contribution is 7.99. The normalized spacial score (nSPS) is 28.8. The lowest BCUT2D eigenvalue weighted by atomic mass is 10.2. The predicted octanol–water partition coefficient (Wildman–Crippen LogP) is 2.59. The smallest absolute Gasteiger partial charge is 0.0951 e. The van der Waals surface area contributed by atoms with Crippen LogP contribution in [0.4, 0.5) is 0 Å². The summed E-state index contributed by atoms with van der Waals surface area (Å²) in [6, 6.07) is 1.45. The van der Waals surface area contributed by atoms with Gasteiger partial charge in [-0.1, -0.05) is 6.42 Å². The van der Waals surface area contributed by atoms with Gasteiger partial charge >= 0.3 is 0 Å². The molecule has 3 nitrogen and oxygen atoms in total. The summed E-state index contributed by atoms with van der Waals surface area (Å²) in [4.78, 5) is 4.29. The Morgan fingerprint density at radius 3 is 3.06 bits per heavy atom. The lowest BCUT2D eigenvalue weighted by Gasteiger charge is -2.19. The van der Waals surface area contributed by atoms with Gasteiger partial charge in [-0.3, -0.25) is 0 Å². The number of hydrogen-bond donors (Lipinski definition) is 1. The van der Waals surface area contributed by atoms with Gasteiger partial charge in [-0.05, 0) is 31.9 Å². The number of aromatic nitrogens is 2. The van der Waals surface area contributed by atoms with Gasteiger partial charge in [-0.2, -0.15) is 11.8 Å². The fourth-order valence-corrected chi connectivity index (χ4v) is 3.79. The van der Waals surface area contributed by atoms with Gasteiger partial charge in [-0.25, -0.2) is 4.98 Å². The Bertz CT molecular complexity index is 372. The van der Waals surface area contributed by atoms with Crippen LogP contribution in [0.15, 0.2) is 12.5 Å². The molecular formula is C13H21N3S. The van der Waals surface area contributed by atoms with E-state index in [9.17, 15) is 0 Å². The van der Waals surface area contributed by atoms with Gasteiger partial charge < -0.3 is 9.88 Å². The van der Waals surface area contributed by atoms with Crippen LogP contribution in [0.25, 0.3) is 0 Å². The zero-order chi connectivity index (χ0) is 11.7. The largest absolute Gasteiger partial charge is 0.330 e. The summed E-state index contributed by atoms with van der Waals surface area (Å²) in [6.07, 6.45) is 13.0. The molecule has 2 aliphatic rings. The molecule has 17 heavy (non-hydrogen) atoms. The molecule has 2 saturated carbocycles. The Morgan fingerprint density at radius 1 is 1.41 bits per heavy atom. The van der Waals surface area contributed by atoms with Crippen molar-refractivity contribution in [3.05, 3.63) is 18.2 Å². The van der Waals surface area contributed by atoms with Crippen molar-refractivity contribution in [1.82, 2.24) is 14.9 Å². The average Bonchev–Trinajstić information content (AvgIpc) is 2.93. The minimum Gasteiger partial charge on any atom is -0.330 e. The van der Waals surface area contributed by atoms with E-state index < -0.39 is 0 Å². The van der Waals surface area contributed by atoms with Crippen molar-refractivity contribution in [3.8, 4) is 0 Å². The molecule has 0 aliphatic heterocycles. The van der Waals surface area contributed by atoms with E-state index in [-0.39, 0.29) is 0 Å². The molecule has 0 amide bonds. The first-order chi connectivity index (χ1) is 8.38. The number of rotatable bonds is 5. The standard InChI is InChI=1S/C13H21N3S/c1-17-13-4-2-3-12(13)15-8-11-7-14-9-16(11)10-5-6-10/h7,9-10,12-13,15H,2-6,8H2,1H3. The van der Waals surface area contributed by atoms with E-state index in [0.717, 1.165) is 17.8 Å². The van der Waals surface area contributed by atoms with Gasteiger partial charge in [0, 0.05) is 30.1 Å². The van der Waals surface area contributed by atoms with Gasteiger partial charge in [0.1, 0.15) is 0 Å². The molecule has 0 bridgehead atoms. The predicted molar refractivity (Wildman–Crippen MR) is 72.3 cm³/mol. The monoisotopic (exact) mass is 251 g/mol. The van der Waals surface area contributed by atoms with Crippen molar-refractivity contribution in [2.45, 2.75) is 56.0 Å². The van der Waals surface area contributed by atoms with Crippen LogP contribution in [0.2, 0.25) is 0 Å². The van der Waals surface area contributed by atoms with Crippen LogP contribution in [-0.2, 0) is 6.54 Å². The third-order valence-corrected chi connectivity index (χ3v) is 5.16. The van der Waals surface area contributed by atoms with E-state index in [1.807, 2.05) is 24.3 Å². The van der Waals surface area contributed by atoms with Crippen LogP contribution in [0.1, 0.15) is 43.8 Å². The van der Waals surface area contributed by atoms with Crippen molar-refractivity contribution < 1.29 is 0 Å². The maximum absolute atomic E-state index is 4.29. The van der Waals surface area contributed by atoms with E-state index in [2.05, 4.69) is 21.1 Å². The lowest BCUT2D eigenvalue weighted by Crippen LogP contribution is -2.34. The van der Waals surface area contributed by atoms with E-state index in [1.54, 1.807) is 0 Å². The Hall–Kier alpha value is -0.480. The average molecular weight is 251 g/mol. The molecule has 3 rings (SSSR count). The molecule has 1 aromatic rings. The number of hydrogen-bond acceptors (Lipinski definition) is 3. The highest BCUT2D eigenvalue weighted by atomic mass is 32.2. The van der Waals surface area contributed by atoms with Crippen molar-refractivity contribution in [3.63, 3.8) is 0 Å². The second-order valence-electron chi connectivity index (χ2n) is 5.22. The summed E-state index contributed by atoms with van der Waals surface area (Å²) in [5, 5.41) is 4.54. The van der Waals surface area contributed by atoms with Gasteiger partial charge in [0.15, 0.2) is 0 Å².